The van der Waals surface area contributed by atoms with E-state index in [-0.39, 0.29) is 17.2 Å². The van der Waals surface area contributed by atoms with Gasteiger partial charge in [0, 0.05) is 31.2 Å². The highest BCUT2D eigenvalue weighted by Gasteiger charge is 2.37. The molecule has 3 heterocycles. The first-order valence-corrected chi connectivity index (χ1v) is 11.8. The quantitative estimate of drug-likeness (QED) is 0.717. The van der Waals surface area contributed by atoms with Crippen LogP contribution in [0.1, 0.15) is 52.4 Å². The maximum atomic E-state index is 13.0. The van der Waals surface area contributed by atoms with E-state index in [1.807, 2.05) is 13.8 Å². The Morgan fingerprint density at radius 1 is 1.10 bits per heavy atom. The number of nitrogen functional groups attached to an aromatic ring is 2. The highest BCUT2D eigenvalue weighted by molar-refractivity contribution is 7.99. The molecule has 2 fully saturated rings. The van der Waals surface area contributed by atoms with E-state index in [1.54, 1.807) is 23.9 Å². The van der Waals surface area contributed by atoms with Gasteiger partial charge in [0.2, 0.25) is 5.95 Å². The number of anilines is 3. The molecule has 2 aromatic rings. The Bertz CT molecular complexity index is 947. The van der Waals surface area contributed by atoms with Crippen LogP contribution in [0.3, 0.4) is 0 Å². The maximum absolute atomic E-state index is 13.0. The van der Waals surface area contributed by atoms with E-state index in [9.17, 15) is 4.79 Å². The lowest BCUT2D eigenvalue weighted by molar-refractivity contribution is 0.225. The van der Waals surface area contributed by atoms with Crippen molar-refractivity contribution in [1.82, 2.24) is 14.5 Å². The van der Waals surface area contributed by atoms with Gasteiger partial charge in [0.05, 0.1) is 5.02 Å². The summed E-state index contributed by atoms with van der Waals surface area (Å²) in [5.74, 6) is 1.08. The van der Waals surface area contributed by atoms with Crippen LogP contribution < -0.4 is 21.9 Å². The lowest BCUT2D eigenvalue weighted by atomic mass is 9.77. The van der Waals surface area contributed by atoms with Gasteiger partial charge in [-0.1, -0.05) is 50.1 Å². The fourth-order valence-electron chi connectivity index (χ4n) is 4.40. The summed E-state index contributed by atoms with van der Waals surface area (Å²) < 4.78 is 1.59. The average Bonchev–Trinajstić information content (AvgIpc) is 3.21. The van der Waals surface area contributed by atoms with Gasteiger partial charge in [0.25, 0.3) is 5.56 Å². The van der Waals surface area contributed by atoms with Gasteiger partial charge in [-0.05, 0) is 37.2 Å². The van der Waals surface area contributed by atoms with Crippen LogP contribution in [0.15, 0.2) is 26.8 Å². The van der Waals surface area contributed by atoms with Crippen molar-refractivity contribution in [2.45, 2.75) is 62.2 Å². The van der Waals surface area contributed by atoms with E-state index in [1.165, 1.54) is 37.4 Å². The smallest absolute Gasteiger partial charge is 0.270 e. The molecule has 1 aliphatic carbocycles. The highest BCUT2D eigenvalue weighted by Crippen LogP contribution is 2.46. The van der Waals surface area contributed by atoms with E-state index in [4.69, 9.17) is 23.1 Å². The second-order valence-corrected chi connectivity index (χ2v) is 9.23. The lowest BCUT2D eigenvalue weighted by Crippen LogP contribution is -2.42. The molecule has 1 saturated carbocycles. The predicted molar refractivity (Wildman–Crippen MR) is 125 cm³/mol. The molecule has 9 heteroatoms. The molecular formula is C21H31ClN6OS. The van der Waals surface area contributed by atoms with E-state index in [0.29, 0.717) is 26.2 Å². The largest absolute Gasteiger partial charge is 0.382 e. The van der Waals surface area contributed by atoms with Crippen molar-refractivity contribution < 1.29 is 0 Å². The Morgan fingerprint density at radius 2 is 1.73 bits per heavy atom. The lowest BCUT2D eigenvalue weighted by Gasteiger charge is -2.40. The Balaban J connectivity index is 0.00000124. The summed E-state index contributed by atoms with van der Waals surface area (Å²) in [6.45, 7) is 5.83. The number of hydrogen-bond acceptors (Lipinski definition) is 7. The molecule has 0 bridgehead atoms. The second-order valence-electron chi connectivity index (χ2n) is 7.79. The fraction of sp³-hybridized carbons (Fsp3) is 0.571. The Labute approximate surface area is 187 Å². The minimum absolute atomic E-state index is 0.180. The van der Waals surface area contributed by atoms with E-state index in [0.717, 1.165) is 25.9 Å². The molecule has 2 aromatic heterocycles. The van der Waals surface area contributed by atoms with Crippen molar-refractivity contribution in [2.24, 2.45) is 12.5 Å². The summed E-state index contributed by atoms with van der Waals surface area (Å²) in [7, 11) is 1.75. The molecule has 1 saturated heterocycles. The van der Waals surface area contributed by atoms with Gasteiger partial charge in [0.1, 0.15) is 16.5 Å². The maximum Gasteiger partial charge on any atom is 0.270 e. The third-order valence-electron chi connectivity index (χ3n) is 6.12. The van der Waals surface area contributed by atoms with Crippen LogP contribution in [-0.2, 0) is 7.05 Å². The molecule has 0 atom stereocenters. The number of nitrogens with zero attached hydrogens (tertiary/aromatic N) is 4. The Morgan fingerprint density at radius 3 is 2.37 bits per heavy atom. The van der Waals surface area contributed by atoms with E-state index >= 15 is 0 Å². The first-order valence-electron chi connectivity index (χ1n) is 10.6. The fourth-order valence-corrected chi connectivity index (χ4v) is 5.55. The molecule has 0 aromatic carbocycles. The van der Waals surface area contributed by atoms with Crippen molar-refractivity contribution >= 4 is 40.9 Å². The average molecular weight is 451 g/mol. The molecule has 2 aliphatic rings. The second kappa shape index (κ2) is 9.47. The minimum atomic E-state index is -0.180. The summed E-state index contributed by atoms with van der Waals surface area (Å²) in [6.07, 6.45) is 9.23. The summed E-state index contributed by atoms with van der Waals surface area (Å²) in [5.41, 5.74) is 12.3. The minimum Gasteiger partial charge on any atom is -0.382 e. The van der Waals surface area contributed by atoms with Gasteiger partial charge in [-0.2, -0.15) is 4.98 Å². The third-order valence-corrected chi connectivity index (χ3v) is 7.77. The monoisotopic (exact) mass is 450 g/mol. The number of aromatic nitrogens is 3. The normalized spacial score (nSPS) is 17.7. The van der Waals surface area contributed by atoms with Crippen LogP contribution in [0.2, 0.25) is 5.02 Å². The van der Waals surface area contributed by atoms with Gasteiger partial charge in [-0.3, -0.25) is 9.36 Å². The van der Waals surface area contributed by atoms with Crippen molar-refractivity contribution in [3.05, 3.63) is 27.6 Å². The Kier molecular flexibility index (Phi) is 7.18. The van der Waals surface area contributed by atoms with Crippen LogP contribution in [-0.4, -0.2) is 27.6 Å². The SMILES string of the molecule is CC.Cn1c(N2CCC3(CCCC3)CC2)nc(N)c(Sc2ccnc(N)c2Cl)c1=O. The van der Waals surface area contributed by atoms with Crippen molar-refractivity contribution in [2.75, 3.05) is 29.5 Å². The van der Waals surface area contributed by atoms with Gasteiger partial charge >= 0.3 is 0 Å². The molecule has 1 aliphatic heterocycles. The third kappa shape index (κ3) is 4.39. The number of hydrogen-bond donors (Lipinski definition) is 2. The molecular weight excluding hydrogens is 420 g/mol. The molecule has 0 unspecified atom stereocenters. The summed E-state index contributed by atoms with van der Waals surface area (Å²) >= 11 is 7.39. The zero-order valence-corrected chi connectivity index (χ0v) is 19.5. The molecule has 0 radical (unpaired) electrons. The Hall–Kier alpha value is -1.93. The van der Waals surface area contributed by atoms with Crippen molar-refractivity contribution in [1.29, 1.82) is 0 Å². The standard InChI is InChI=1S/C19H25ClN6OS.C2H6/c1-25-17(27)14(28-12-4-9-23-15(21)13(12)20)16(22)24-18(25)26-10-7-19(8-11-26)5-2-3-6-19;1-2/h4,9H,2-3,5-8,10-11,22H2,1H3,(H2,21,23);1-2H3. The molecule has 164 valence electrons. The van der Waals surface area contributed by atoms with Crippen LogP contribution >= 0.6 is 23.4 Å². The number of nitrogens with two attached hydrogens (primary N) is 2. The molecule has 7 nitrogen and oxygen atoms in total. The van der Waals surface area contributed by atoms with Crippen LogP contribution in [0, 0.1) is 5.41 Å². The number of piperidine rings is 1. The summed E-state index contributed by atoms with van der Waals surface area (Å²) in [4.78, 5) is 24.7. The van der Waals surface area contributed by atoms with Crippen LogP contribution in [0.5, 0.6) is 0 Å². The number of pyridine rings is 1. The van der Waals surface area contributed by atoms with E-state index < -0.39 is 0 Å². The van der Waals surface area contributed by atoms with E-state index in [2.05, 4.69) is 14.9 Å². The van der Waals surface area contributed by atoms with Gasteiger partial charge < -0.3 is 16.4 Å². The van der Waals surface area contributed by atoms with Gasteiger partial charge in [0.15, 0.2) is 0 Å². The molecule has 0 amide bonds. The summed E-state index contributed by atoms with van der Waals surface area (Å²) in [5, 5.41) is 0.316. The van der Waals surface area contributed by atoms with Gasteiger partial charge in [-0.25, -0.2) is 4.98 Å². The first kappa shape index (κ1) is 22.7. The van der Waals surface area contributed by atoms with Crippen LogP contribution in [0.4, 0.5) is 17.6 Å². The molecule has 1 spiro atoms. The van der Waals surface area contributed by atoms with Crippen LogP contribution in [0.25, 0.3) is 0 Å². The summed E-state index contributed by atoms with van der Waals surface area (Å²) in [6, 6.07) is 1.71. The predicted octanol–water partition coefficient (Wildman–Crippen LogP) is 4.33. The topological polar surface area (TPSA) is 103 Å². The number of halogens is 1. The van der Waals surface area contributed by atoms with Crippen molar-refractivity contribution in [3.8, 4) is 0 Å². The highest BCUT2D eigenvalue weighted by atomic mass is 35.5. The first-order chi connectivity index (χ1) is 14.4. The van der Waals surface area contributed by atoms with Gasteiger partial charge in [-0.15, -0.1) is 0 Å². The zero-order valence-electron chi connectivity index (χ0n) is 17.9. The molecule has 4 rings (SSSR count). The molecule has 30 heavy (non-hydrogen) atoms. The van der Waals surface area contributed by atoms with Crippen molar-refractivity contribution in [3.63, 3.8) is 0 Å². The number of rotatable bonds is 3. The molecule has 4 N–H and O–H groups in total. The zero-order chi connectivity index (χ0) is 21.9.